The van der Waals surface area contributed by atoms with Gasteiger partial charge in [-0.15, -0.1) is 11.3 Å². The van der Waals surface area contributed by atoms with Gasteiger partial charge in [0.15, 0.2) is 0 Å². The van der Waals surface area contributed by atoms with Crippen molar-refractivity contribution in [1.82, 2.24) is 34.3 Å². The van der Waals surface area contributed by atoms with Crippen LogP contribution in [0.1, 0.15) is 12.8 Å². The molecule has 6 rings (SSSR count). The summed E-state index contributed by atoms with van der Waals surface area (Å²) in [7, 11) is 1.84. The van der Waals surface area contributed by atoms with Crippen LogP contribution >= 0.6 is 11.3 Å². The van der Waals surface area contributed by atoms with E-state index >= 15 is 0 Å². The summed E-state index contributed by atoms with van der Waals surface area (Å²) in [5.74, 6) is -2.99. The Morgan fingerprint density at radius 2 is 2.03 bits per heavy atom. The maximum Gasteiger partial charge on any atom is 0.261 e. The van der Waals surface area contributed by atoms with Crippen molar-refractivity contribution in [2.24, 2.45) is 7.05 Å². The fourth-order valence-electron chi connectivity index (χ4n) is 4.34. The second-order valence-electron chi connectivity index (χ2n) is 8.73. The first kappa shape index (κ1) is 21.8. The lowest BCUT2D eigenvalue weighted by molar-refractivity contribution is -0.119. The van der Waals surface area contributed by atoms with Crippen LogP contribution in [0.25, 0.3) is 37.2 Å². The SMILES string of the molecule is Cn1cc(-c2cn3nc4c5ncc(NC(=O)CN6CCC(F)(F)CC6)cc5[nH]c(=O)c4c3s2)cn1. The zero-order valence-corrected chi connectivity index (χ0v) is 19.4. The van der Waals surface area contributed by atoms with Gasteiger partial charge in [-0.05, 0) is 6.07 Å². The molecule has 0 radical (unpaired) electrons. The van der Waals surface area contributed by atoms with Crippen LogP contribution in [0.3, 0.4) is 0 Å². The fourth-order valence-corrected chi connectivity index (χ4v) is 5.40. The van der Waals surface area contributed by atoms with E-state index in [1.54, 1.807) is 26.4 Å². The predicted octanol–water partition coefficient (Wildman–Crippen LogP) is 2.86. The van der Waals surface area contributed by atoms with E-state index in [0.717, 1.165) is 10.4 Å². The average molecular weight is 499 g/mol. The molecule has 1 aliphatic rings. The zero-order valence-electron chi connectivity index (χ0n) is 18.6. The van der Waals surface area contributed by atoms with Gasteiger partial charge in [0.2, 0.25) is 5.91 Å². The van der Waals surface area contributed by atoms with Gasteiger partial charge in [-0.2, -0.15) is 10.2 Å². The molecular formula is C22H20F2N8O2S. The molecule has 0 unspecified atom stereocenters. The van der Waals surface area contributed by atoms with Crippen molar-refractivity contribution in [2.45, 2.75) is 18.8 Å². The minimum Gasteiger partial charge on any atom is -0.324 e. The Bertz CT molecular complexity index is 1660. The van der Waals surface area contributed by atoms with E-state index in [9.17, 15) is 18.4 Å². The number of carbonyl (C=O) groups is 1. The van der Waals surface area contributed by atoms with E-state index in [1.807, 2.05) is 19.4 Å². The number of alkyl halides is 2. The van der Waals surface area contributed by atoms with Crippen LogP contribution in [0.15, 0.2) is 35.6 Å². The van der Waals surface area contributed by atoms with Crippen molar-refractivity contribution >= 4 is 49.7 Å². The van der Waals surface area contributed by atoms with Crippen LogP contribution in [-0.2, 0) is 11.8 Å². The molecule has 0 bridgehead atoms. The Labute approximate surface area is 200 Å². The van der Waals surface area contributed by atoms with Crippen molar-refractivity contribution in [1.29, 1.82) is 0 Å². The third-order valence-corrected chi connectivity index (χ3v) is 7.27. The maximum atomic E-state index is 13.3. The first-order valence-corrected chi connectivity index (χ1v) is 11.8. The van der Waals surface area contributed by atoms with Crippen LogP contribution in [0, 0.1) is 0 Å². The van der Waals surface area contributed by atoms with Gasteiger partial charge in [-0.1, -0.05) is 0 Å². The molecule has 2 N–H and O–H groups in total. The van der Waals surface area contributed by atoms with Crippen molar-refractivity contribution in [2.75, 3.05) is 25.0 Å². The zero-order chi connectivity index (χ0) is 24.3. The molecule has 5 aromatic rings. The Balaban J connectivity index is 1.28. The van der Waals surface area contributed by atoms with Gasteiger partial charge in [0.25, 0.3) is 11.5 Å². The number of hydrogen-bond donors (Lipinski definition) is 2. The van der Waals surface area contributed by atoms with Crippen LogP contribution < -0.4 is 10.9 Å². The highest BCUT2D eigenvalue weighted by Crippen LogP contribution is 2.33. The number of nitrogens with zero attached hydrogens (tertiary/aromatic N) is 6. The number of anilines is 1. The summed E-state index contributed by atoms with van der Waals surface area (Å²) in [4.78, 5) is 36.0. The average Bonchev–Trinajstić information content (AvgIpc) is 3.49. The van der Waals surface area contributed by atoms with E-state index in [0.29, 0.717) is 32.5 Å². The first-order valence-electron chi connectivity index (χ1n) is 11.0. The van der Waals surface area contributed by atoms with E-state index in [4.69, 9.17) is 0 Å². The third kappa shape index (κ3) is 3.96. The highest BCUT2D eigenvalue weighted by atomic mass is 32.1. The molecule has 0 aromatic carbocycles. The maximum absolute atomic E-state index is 13.3. The number of aryl methyl sites for hydroxylation is 1. The summed E-state index contributed by atoms with van der Waals surface area (Å²) in [6.07, 6.45) is 6.50. The number of fused-ring (bicyclic) bond motifs is 5. The topological polar surface area (TPSA) is 113 Å². The minimum absolute atomic E-state index is 0.0142. The minimum atomic E-state index is -2.66. The molecule has 0 atom stereocenters. The molecule has 13 heteroatoms. The molecule has 10 nitrogen and oxygen atoms in total. The number of rotatable bonds is 4. The molecule has 1 saturated heterocycles. The second-order valence-corrected chi connectivity index (χ2v) is 9.76. The number of hydrogen-bond acceptors (Lipinski definition) is 7. The van der Waals surface area contributed by atoms with Gasteiger partial charge in [-0.25, -0.2) is 13.3 Å². The number of pyridine rings is 2. The van der Waals surface area contributed by atoms with E-state index < -0.39 is 5.92 Å². The van der Waals surface area contributed by atoms with Gasteiger partial charge >= 0.3 is 0 Å². The largest absolute Gasteiger partial charge is 0.324 e. The summed E-state index contributed by atoms with van der Waals surface area (Å²) in [6.45, 7) is 0.351. The van der Waals surface area contributed by atoms with Gasteiger partial charge in [0, 0.05) is 50.9 Å². The second kappa shape index (κ2) is 7.92. The standard InChI is InChI=1S/C22H20F2N8O2S/c1-30-9-12(7-26-30)15-10-32-21(35-15)17-19(29-32)18-14(28-20(17)34)6-13(8-25-18)27-16(33)11-31-4-2-22(23,24)3-5-31/h6-10H,2-5,11H2,1H3,(H,27,33)(H,28,34). The Morgan fingerprint density at radius 3 is 2.77 bits per heavy atom. The molecule has 1 fully saturated rings. The van der Waals surface area contributed by atoms with Crippen molar-refractivity contribution in [3.8, 4) is 10.4 Å². The normalized spacial score (nSPS) is 16.4. The summed E-state index contributed by atoms with van der Waals surface area (Å²) in [5, 5.41) is 12.0. The number of carbonyl (C=O) groups excluding carboxylic acids is 1. The van der Waals surface area contributed by atoms with Crippen LogP contribution in [-0.4, -0.2) is 65.7 Å². The monoisotopic (exact) mass is 498 g/mol. The van der Waals surface area contributed by atoms with Crippen molar-refractivity contribution < 1.29 is 13.6 Å². The number of likely N-dealkylation sites (tertiary alicyclic amines) is 1. The lowest BCUT2D eigenvalue weighted by Gasteiger charge is -2.31. The quantitative estimate of drug-likeness (QED) is 0.394. The van der Waals surface area contributed by atoms with Crippen LogP contribution in [0.5, 0.6) is 0 Å². The Kier molecular flexibility index (Phi) is 4.93. The van der Waals surface area contributed by atoms with E-state index in [1.165, 1.54) is 17.5 Å². The van der Waals surface area contributed by atoms with Gasteiger partial charge in [0.05, 0.1) is 35.0 Å². The van der Waals surface area contributed by atoms with E-state index in [2.05, 4.69) is 25.5 Å². The van der Waals surface area contributed by atoms with Gasteiger partial charge in [0.1, 0.15) is 21.3 Å². The number of amides is 1. The summed E-state index contributed by atoms with van der Waals surface area (Å²) >= 11 is 1.44. The number of H-pyrrole nitrogens is 1. The van der Waals surface area contributed by atoms with E-state index in [-0.39, 0.29) is 43.9 Å². The molecule has 35 heavy (non-hydrogen) atoms. The molecule has 0 aliphatic carbocycles. The molecule has 1 aliphatic heterocycles. The molecule has 5 aromatic heterocycles. The lowest BCUT2D eigenvalue weighted by atomic mass is 10.1. The predicted molar refractivity (Wildman–Crippen MR) is 128 cm³/mol. The first-order chi connectivity index (χ1) is 16.8. The number of thiazole rings is 1. The third-order valence-electron chi connectivity index (χ3n) is 6.13. The number of aromatic amines is 1. The molecule has 1 amide bonds. The van der Waals surface area contributed by atoms with Gasteiger partial charge in [-0.3, -0.25) is 24.2 Å². The molecule has 180 valence electrons. The van der Waals surface area contributed by atoms with Crippen LogP contribution in [0.2, 0.25) is 0 Å². The molecule has 0 saturated carbocycles. The Morgan fingerprint density at radius 1 is 1.23 bits per heavy atom. The highest BCUT2D eigenvalue weighted by molar-refractivity contribution is 7.21. The lowest BCUT2D eigenvalue weighted by Crippen LogP contribution is -2.42. The Hall–Kier alpha value is -3.71. The summed E-state index contributed by atoms with van der Waals surface area (Å²) < 4.78 is 30.0. The number of halogens is 2. The molecular weight excluding hydrogens is 478 g/mol. The van der Waals surface area contributed by atoms with Crippen molar-refractivity contribution in [3.05, 3.63) is 41.2 Å². The molecule has 0 spiro atoms. The molecule has 6 heterocycles. The smallest absolute Gasteiger partial charge is 0.261 e. The highest BCUT2D eigenvalue weighted by Gasteiger charge is 2.34. The number of nitrogens with one attached hydrogen (secondary N) is 2. The summed E-state index contributed by atoms with van der Waals surface area (Å²) in [6, 6.07) is 1.62. The van der Waals surface area contributed by atoms with Crippen molar-refractivity contribution in [3.63, 3.8) is 0 Å². The van der Waals surface area contributed by atoms with Crippen LogP contribution in [0.4, 0.5) is 14.5 Å². The fraction of sp³-hybridized carbons (Fsp3) is 0.318. The number of piperidine rings is 1. The summed E-state index contributed by atoms with van der Waals surface area (Å²) in [5.41, 5.74) is 2.46. The van der Waals surface area contributed by atoms with Gasteiger partial charge < -0.3 is 10.3 Å². The number of aromatic nitrogens is 6.